The minimum Gasteiger partial charge on any atom is -0.496 e. The summed E-state index contributed by atoms with van der Waals surface area (Å²) in [5, 5.41) is 0. The van der Waals surface area contributed by atoms with Gasteiger partial charge in [0.25, 0.3) is 0 Å². The molecule has 0 bridgehead atoms. The van der Waals surface area contributed by atoms with E-state index in [0.717, 1.165) is 12.0 Å². The van der Waals surface area contributed by atoms with Gasteiger partial charge in [-0.25, -0.2) is 0 Å². The molecular weight excluding hydrogens is 479 g/mol. The molecule has 0 heterocycles. The third-order valence-electron chi connectivity index (χ3n) is 6.34. The summed E-state index contributed by atoms with van der Waals surface area (Å²) in [7, 11) is 1.25. The van der Waals surface area contributed by atoms with E-state index in [1.807, 2.05) is 19.1 Å². The highest BCUT2D eigenvalue weighted by molar-refractivity contribution is 7.95. The van der Waals surface area contributed by atoms with Crippen LogP contribution in [0.15, 0.2) is 59.7 Å². The number of benzene rings is 2. The second-order valence-corrected chi connectivity index (χ2v) is 12.0. The van der Waals surface area contributed by atoms with Crippen LogP contribution in [0.4, 0.5) is 0 Å². The number of ether oxygens (including phenoxy) is 4. The topological polar surface area (TPSA) is 88.1 Å². The van der Waals surface area contributed by atoms with Crippen LogP contribution in [-0.4, -0.2) is 45.6 Å². The lowest BCUT2D eigenvalue weighted by molar-refractivity contribution is 0.103. The summed E-state index contributed by atoms with van der Waals surface area (Å²) in [6.45, 7) is 6.13. The molecule has 3 rings (SSSR count). The van der Waals surface area contributed by atoms with Gasteiger partial charge in [-0.2, -0.15) is 0 Å². The van der Waals surface area contributed by atoms with Crippen molar-refractivity contribution in [2.75, 3.05) is 34.6 Å². The molecule has 0 spiro atoms. The summed E-state index contributed by atoms with van der Waals surface area (Å²) in [6, 6.07) is 9.60. The first-order valence-corrected chi connectivity index (χ1v) is 13.4. The van der Waals surface area contributed by atoms with Crippen LogP contribution in [0.5, 0.6) is 23.0 Å². The lowest BCUT2D eigenvalue weighted by atomic mass is 9.80. The van der Waals surface area contributed by atoms with Gasteiger partial charge in [-0.05, 0) is 48.6 Å². The average Bonchev–Trinajstić information content (AvgIpc) is 2.87. The van der Waals surface area contributed by atoms with Crippen LogP contribution in [0, 0.1) is 5.41 Å². The average molecular weight is 513 g/mol. The zero-order chi connectivity index (χ0) is 26.7. The summed E-state index contributed by atoms with van der Waals surface area (Å²) in [4.78, 5) is 28.4. The van der Waals surface area contributed by atoms with Crippen LogP contribution in [0.3, 0.4) is 0 Å². The molecule has 0 saturated carbocycles. The highest BCUT2D eigenvalue weighted by Gasteiger charge is 2.46. The molecule has 2 aromatic carbocycles. The third kappa shape index (κ3) is 5.12. The predicted octanol–water partition coefficient (Wildman–Crippen LogP) is 6.37. The molecule has 0 radical (unpaired) electrons. The molecule has 0 aliphatic heterocycles. The van der Waals surface area contributed by atoms with Crippen molar-refractivity contribution in [3.8, 4) is 23.0 Å². The van der Waals surface area contributed by atoms with E-state index in [-0.39, 0.29) is 45.7 Å². The molecule has 7 nitrogen and oxygen atoms in total. The number of carbonyl (C=O) groups is 2. The number of allylic oxidation sites excluding steroid dienone is 4. The Hall–Kier alpha value is -3.31. The normalized spacial score (nSPS) is 14.9. The fraction of sp³-hybridized carbons (Fsp3) is 0.357. The van der Waals surface area contributed by atoms with Gasteiger partial charge in [0.2, 0.25) is 18.2 Å². The Morgan fingerprint density at radius 1 is 0.806 bits per heavy atom. The van der Waals surface area contributed by atoms with E-state index in [4.69, 9.17) is 18.9 Å². The molecule has 0 amide bonds. The number of methoxy groups -OCH3 is 4. The van der Waals surface area contributed by atoms with Gasteiger partial charge in [0.1, 0.15) is 34.1 Å². The molecule has 0 saturated heterocycles. The Morgan fingerprint density at radius 2 is 1.19 bits per heavy atom. The van der Waals surface area contributed by atoms with Crippen molar-refractivity contribution in [3.05, 3.63) is 70.8 Å². The van der Waals surface area contributed by atoms with Gasteiger partial charge in [-0.1, -0.05) is 43.7 Å². The second kappa shape index (κ2) is 10.8. The molecule has 0 N–H and O–H groups in total. The van der Waals surface area contributed by atoms with Crippen molar-refractivity contribution in [2.45, 2.75) is 27.2 Å². The van der Waals surface area contributed by atoms with E-state index in [2.05, 4.69) is 13.8 Å². The molecule has 36 heavy (non-hydrogen) atoms. The fourth-order valence-corrected chi connectivity index (χ4v) is 6.96. The maximum absolute atomic E-state index is 14.9. The van der Waals surface area contributed by atoms with Crippen LogP contribution in [-0.2, 0) is 4.57 Å². The summed E-state index contributed by atoms with van der Waals surface area (Å²) in [6.07, 6.45) is 4.36. The maximum Gasteiger partial charge on any atom is 0.236 e. The first-order chi connectivity index (χ1) is 17.0. The van der Waals surface area contributed by atoms with Gasteiger partial charge < -0.3 is 23.5 Å². The van der Waals surface area contributed by atoms with Gasteiger partial charge in [0.15, 0.2) is 0 Å². The van der Waals surface area contributed by atoms with E-state index in [9.17, 15) is 14.2 Å². The van der Waals surface area contributed by atoms with E-state index < -0.39 is 18.2 Å². The van der Waals surface area contributed by atoms with Gasteiger partial charge in [-0.15, -0.1) is 0 Å². The molecule has 0 atom stereocenters. The van der Waals surface area contributed by atoms with Gasteiger partial charge >= 0.3 is 0 Å². The Morgan fingerprint density at radius 3 is 1.53 bits per heavy atom. The molecule has 2 aromatic rings. The van der Waals surface area contributed by atoms with Gasteiger partial charge in [0.05, 0.1) is 28.4 Å². The Balaban J connectivity index is 2.27. The van der Waals surface area contributed by atoms with Crippen LogP contribution in [0.2, 0.25) is 0 Å². The molecular formula is C28H33O7P. The van der Waals surface area contributed by atoms with Crippen molar-refractivity contribution in [1.82, 2.24) is 0 Å². The molecule has 1 aliphatic carbocycles. The maximum atomic E-state index is 14.9. The summed E-state index contributed by atoms with van der Waals surface area (Å²) in [5.41, 5.74) is -0.160. The quantitative estimate of drug-likeness (QED) is 0.342. The number of hydrogen-bond acceptors (Lipinski definition) is 7. The summed E-state index contributed by atoms with van der Waals surface area (Å²) < 4.78 is 36.5. The monoisotopic (exact) mass is 512 g/mol. The highest BCUT2D eigenvalue weighted by atomic mass is 31.2. The van der Waals surface area contributed by atoms with E-state index >= 15 is 0 Å². The zero-order valence-electron chi connectivity index (χ0n) is 21.8. The van der Waals surface area contributed by atoms with Gasteiger partial charge in [-0.3, -0.25) is 9.59 Å². The molecule has 1 aliphatic rings. The minimum atomic E-state index is -4.36. The van der Waals surface area contributed by atoms with Crippen LogP contribution < -0.4 is 18.9 Å². The molecule has 8 heteroatoms. The lowest BCUT2D eigenvalue weighted by Crippen LogP contribution is -2.19. The Bertz CT molecular complexity index is 1170. The van der Waals surface area contributed by atoms with E-state index in [0.29, 0.717) is 5.57 Å². The fourth-order valence-electron chi connectivity index (χ4n) is 4.47. The van der Waals surface area contributed by atoms with Crippen LogP contribution in [0.1, 0.15) is 47.9 Å². The first-order valence-electron chi connectivity index (χ1n) is 11.5. The van der Waals surface area contributed by atoms with Crippen LogP contribution >= 0.6 is 7.14 Å². The largest absolute Gasteiger partial charge is 0.496 e. The minimum absolute atomic E-state index is 0.0357. The first kappa shape index (κ1) is 27.3. The summed E-state index contributed by atoms with van der Waals surface area (Å²) in [5.74, 6) is 0.687. The lowest BCUT2D eigenvalue weighted by Gasteiger charge is -2.28. The predicted molar refractivity (Wildman–Crippen MR) is 140 cm³/mol. The number of carbonyl (C=O) groups excluding carboxylic acids is 2. The number of hydrogen-bond donors (Lipinski definition) is 0. The number of rotatable bonds is 10. The van der Waals surface area contributed by atoms with Crippen molar-refractivity contribution in [2.24, 2.45) is 5.41 Å². The van der Waals surface area contributed by atoms with Crippen molar-refractivity contribution < 1.29 is 33.1 Å². The Labute approximate surface area is 212 Å². The van der Waals surface area contributed by atoms with Crippen molar-refractivity contribution in [1.29, 1.82) is 0 Å². The van der Waals surface area contributed by atoms with E-state index in [1.54, 1.807) is 36.4 Å². The summed E-state index contributed by atoms with van der Waals surface area (Å²) >= 11 is 0. The molecule has 192 valence electrons. The smallest absolute Gasteiger partial charge is 0.236 e. The molecule has 0 aromatic heterocycles. The standard InChI is InChI=1S/C28H33O7P/c1-18-16-28(2,3)15-14-19(18)17-36(31,26(29)24-20(32-4)10-8-11-21(24)33-5)27(30)25-22(34-6)12-9-13-23(25)35-7/h8-15H,16-17H2,1-7H3. The van der Waals surface area contributed by atoms with Gasteiger partial charge in [0, 0.05) is 6.16 Å². The SMILES string of the molecule is COc1cccc(OC)c1C(=O)P(=O)(CC1=C(C)CC(C)(C)C=C1)C(=O)c1c(OC)cccc1OC. The van der Waals surface area contributed by atoms with Crippen LogP contribution in [0.25, 0.3) is 0 Å². The van der Waals surface area contributed by atoms with E-state index in [1.165, 1.54) is 28.4 Å². The highest BCUT2D eigenvalue weighted by Crippen LogP contribution is 2.58. The third-order valence-corrected chi connectivity index (χ3v) is 8.88. The molecule has 0 fully saturated rings. The van der Waals surface area contributed by atoms with Crippen molar-refractivity contribution in [3.63, 3.8) is 0 Å². The molecule has 0 unspecified atom stereocenters. The zero-order valence-corrected chi connectivity index (χ0v) is 22.7. The Kier molecular flexibility index (Phi) is 8.15. The second-order valence-electron chi connectivity index (χ2n) is 9.39. The van der Waals surface area contributed by atoms with Crippen molar-refractivity contribution >= 4 is 18.2 Å².